The zero-order valence-corrected chi connectivity index (χ0v) is 19.3. The number of hydrogen-bond donors (Lipinski definition) is 2. The zero-order chi connectivity index (χ0) is 22.6. The van der Waals surface area contributed by atoms with Gasteiger partial charge in [-0.1, -0.05) is 24.8 Å². The van der Waals surface area contributed by atoms with Gasteiger partial charge in [-0.05, 0) is 62.1 Å². The smallest absolute Gasteiger partial charge is 0.227 e. The summed E-state index contributed by atoms with van der Waals surface area (Å²) >= 11 is 0. The van der Waals surface area contributed by atoms with Gasteiger partial charge in [-0.2, -0.15) is 0 Å². The minimum absolute atomic E-state index is 0.600. The molecule has 0 radical (unpaired) electrons. The van der Waals surface area contributed by atoms with Gasteiger partial charge in [0.1, 0.15) is 0 Å². The lowest BCUT2D eigenvalue weighted by Crippen LogP contribution is -2.47. The Morgan fingerprint density at radius 3 is 2.52 bits per heavy atom. The van der Waals surface area contributed by atoms with Crippen LogP contribution in [-0.4, -0.2) is 47.6 Å². The Bertz CT molecular complexity index is 1100. The molecule has 2 fully saturated rings. The molecule has 2 N–H and O–H groups in total. The highest BCUT2D eigenvalue weighted by Crippen LogP contribution is 2.30. The summed E-state index contributed by atoms with van der Waals surface area (Å²) in [5.74, 6) is 1.56. The first-order valence-electron chi connectivity index (χ1n) is 11.8. The van der Waals surface area contributed by atoms with Gasteiger partial charge in [0.25, 0.3) is 0 Å². The van der Waals surface area contributed by atoms with Crippen LogP contribution in [0.5, 0.6) is 0 Å². The fraction of sp³-hybridized carbons (Fsp3) is 0.333. The molecule has 2 heterocycles. The minimum atomic E-state index is 0.600. The van der Waals surface area contributed by atoms with Crippen LogP contribution in [0.4, 0.5) is 23.0 Å². The van der Waals surface area contributed by atoms with E-state index in [0.717, 1.165) is 60.4 Å². The van der Waals surface area contributed by atoms with Gasteiger partial charge in [0.05, 0.1) is 5.69 Å². The molecule has 1 aliphatic heterocycles. The quantitative estimate of drug-likeness (QED) is 0.491. The molecule has 1 aromatic heterocycles. The number of allylic oxidation sites excluding steroid dienone is 1. The van der Waals surface area contributed by atoms with Crippen molar-refractivity contribution in [1.29, 1.82) is 0 Å². The van der Waals surface area contributed by atoms with Gasteiger partial charge in [0.2, 0.25) is 5.95 Å². The number of benzene rings is 2. The van der Waals surface area contributed by atoms with Crippen LogP contribution in [0.1, 0.15) is 19.8 Å². The summed E-state index contributed by atoms with van der Waals surface area (Å²) < 4.78 is 0. The Kier molecular flexibility index (Phi) is 6.26. The number of anilines is 4. The van der Waals surface area contributed by atoms with Crippen molar-refractivity contribution in [3.63, 3.8) is 0 Å². The van der Waals surface area contributed by atoms with Crippen molar-refractivity contribution in [2.45, 2.75) is 19.8 Å². The van der Waals surface area contributed by atoms with E-state index in [1.165, 1.54) is 25.1 Å². The van der Waals surface area contributed by atoms with Crippen molar-refractivity contribution in [3.05, 3.63) is 73.1 Å². The molecule has 6 nitrogen and oxygen atoms in total. The van der Waals surface area contributed by atoms with Gasteiger partial charge in [-0.15, -0.1) is 0 Å². The Balaban J connectivity index is 1.24. The molecule has 0 unspecified atom stereocenters. The second kappa shape index (κ2) is 9.63. The Morgan fingerprint density at radius 1 is 1.00 bits per heavy atom. The molecule has 0 spiro atoms. The number of nitrogens with zero attached hydrogens (tertiary/aromatic N) is 4. The van der Waals surface area contributed by atoms with Crippen LogP contribution in [-0.2, 0) is 0 Å². The third kappa shape index (κ3) is 5.71. The molecule has 2 aliphatic rings. The van der Waals surface area contributed by atoms with E-state index in [4.69, 9.17) is 4.98 Å². The molecule has 1 saturated carbocycles. The first-order chi connectivity index (χ1) is 16.1. The van der Waals surface area contributed by atoms with Crippen LogP contribution in [0.3, 0.4) is 0 Å². The summed E-state index contributed by atoms with van der Waals surface area (Å²) in [5, 5.41) is 6.62. The maximum absolute atomic E-state index is 4.73. The van der Waals surface area contributed by atoms with Crippen molar-refractivity contribution in [2.24, 2.45) is 5.92 Å². The number of aromatic nitrogens is 2. The summed E-state index contributed by atoms with van der Waals surface area (Å²) in [6, 6.07) is 18.7. The van der Waals surface area contributed by atoms with E-state index < -0.39 is 0 Å². The third-order valence-electron chi connectivity index (χ3n) is 6.25. The zero-order valence-electron chi connectivity index (χ0n) is 19.3. The molecule has 0 bridgehead atoms. The summed E-state index contributed by atoms with van der Waals surface area (Å²) in [4.78, 5) is 14.3. The Morgan fingerprint density at radius 2 is 1.79 bits per heavy atom. The summed E-state index contributed by atoms with van der Waals surface area (Å²) in [6.07, 6.45) is 4.65. The standard InChI is InChI=1S/C27H32N6/c1-20(2)29-23-10-8-22(9-11-23)26-12-13-28-27(31-26)30-24-4-3-5-25(18-24)33-16-14-32(15-17-33)19-21-6-7-21/h3-5,8-13,18,21,29H,1,6-7,14-17,19H2,2H3,(H,28,30,31). The lowest BCUT2D eigenvalue weighted by molar-refractivity contribution is 0.248. The summed E-state index contributed by atoms with van der Waals surface area (Å²) in [5.41, 5.74) is 6.12. The minimum Gasteiger partial charge on any atom is -0.369 e. The molecule has 0 amide bonds. The van der Waals surface area contributed by atoms with Crippen molar-refractivity contribution < 1.29 is 0 Å². The SMILES string of the molecule is C=C(C)Nc1ccc(-c2ccnc(Nc3cccc(N4CCN(CC5CC5)CC4)c3)n2)cc1. The lowest BCUT2D eigenvalue weighted by Gasteiger charge is -2.36. The van der Waals surface area contributed by atoms with E-state index in [9.17, 15) is 0 Å². The number of rotatable bonds is 8. The summed E-state index contributed by atoms with van der Waals surface area (Å²) in [7, 11) is 0. The third-order valence-corrected chi connectivity index (χ3v) is 6.25. The fourth-order valence-electron chi connectivity index (χ4n) is 4.31. The van der Waals surface area contributed by atoms with Crippen LogP contribution in [0.15, 0.2) is 73.1 Å². The highest BCUT2D eigenvalue weighted by molar-refractivity contribution is 5.66. The van der Waals surface area contributed by atoms with E-state index in [1.807, 2.05) is 25.1 Å². The highest BCUT2D eigenvalue weighted by Gasteiger charge is 2.26. The monoisotopic (exact) mass is 440 g/mol. The van der Waals surface area contributed by atoms with E-state index in [0.29, 0.717) is 5.95 Å². The van der Waals surface area contributed by atoms with E-state index in [1.54, 1.807) is 6.20 Å². The molecule has 2 aromatic carbocycles. The molecule has 5 rings (SSSR count). The molecule has 3 aromatic rings. The van der Waals surface area contributed by atoms with Crippen molar-refractivity contribution in [2.75, 3.05) is 48.3 Å². The van der Waals surface area contributed by atoms with Crippen molar-refractivity contribution in [3.8, 4) is 11.3 Å². The lowest BCUT2D eigenvalue weighted by atomic mass is 10.1. The fourth-order valence-corrected chi connectivity index (χ4v) is 4.31. The Hall–Kier alpha value is -3.38. The van der Waals surface area contributed by atoms with E-state index >= 15 is 0 Å². The highest BCUT2D eigenvalue weighted by atomic mass is 15.3. The number of nitrogens with one attached hydrogen (secondary N) is 2. The first-order valence-corrected chi connectivity index (χ1v) is 11.8. The van der Waals surface area contributed by atoms with Crippen LogP contribution in [0.25, 0.3) is 11.3 Å². The van der Waals surface area contributed by atoms with Gasteiger partial charge < -0.3 is 15.5 Å². The average molecular weight is 441 g/mol. The Labute approximate surface area is 196 Å². The maximum Gasteiger partial charge on any atom is 0.227 e. The molecule has 0 atom stereocenters. The molecular formula is C27H32N6. The van der Waals surface area contributed by atoms with Gasteiger partial charge in [0.15, 0.2) is 0 Å². The van der Waals surface area contributed by atoms with Crippen LogP contribution >= 0.6 is 0 Å². The predicted molar refractivity (Wildman–Crippen MR) is 137 cm³/mol. The number of piperazine rings is 1. The summed E-state index contributed by atoms with van der Waals surface area (Å²) in [6.45, 7) is 11.6. The molecule has 170 valence electrons. The largest absolute Gasteiger partial charge is 0.369 e. The maximum atomic E-state index is 4.73. The van der Waals surface area contributed by atoms with Gasteiger partial charge in [0, 0.05) is 67.2 Å². The van der Waals surface area contributed by atoms with Crippen molar-refractivity contribution in [1.82, 2.24) is 14.9 Å². The van der Waals surface area contributed by atoms with Gasteiger partial charge in [-0.3, -0.25) is 4.90 Å². The van der Waals surface area contributed by atoms with E-state index in [-0.39, 0.29) is 0 Å². The molecule has 1 saturated heterocycles. The second-order valence-corrected chi connectivity index (χ2v) is 9.15. The van der Waals surface area contributed by atoms with Crippen molar-refractivity contribution >= 4 is 23.0 Å². The molecule has 33 heavy (non-hydrogen) atoms. The molecular weight excluding hydrogens is 408 g/mol. The molecule has 1 aliphatic carbocycles. The van der Waals surface area contributed by atoms with Gasteiger partial charge >= 0.3 is 0 Å². The van der Waals surface area contributed by atoms with Crippen LogP contribution in [0.2, 0.25) is 0 Å². The predicted octanol–water partition coefficient (Wildman–Crippen LogP) is 5.36. The average Bonchev–Trinajstić information content (AvgIpc) is 3.64. The van der Waals surface area contributed by atoms with Crippen LogP contribution < -0.4 is 15.5 Å². The first kappa shape index (κ1) is 21.5. The second-order valence-electron chi connectivity index (χ2n) is 9.15. The number of hydrogen-bond acceptors (Lipinski definition) is 6. The van der Waals surface area contributed by atoms with Gasteiger partial charge in [-0.25, -0.2) is 9.97 Å². The normalized spacial score (nSPS) is 16.5. The molecule has 6 heteroatoms. The van der Waals surface area contributed by atoms with E-state index in [2.05, 4.69) is 68.4 Å². The topological polar surface area (TPSA) is 56.3 Å². The van der Waals surface area contributed by atoms with Crippen LogP contribution in [0, 0.1) is 5.92 Å².